The largest absolute Gasteiger partial charge is 0.347 e. The Balaban J connectivity index is 1.49. The lowest BCUT2D eigenvalue weighted by molar-refractivity contribution is -0.185. The van der Waals surface area contributed by atoms with Crippen molar-refractivity contribution in [2.24, 2.45) is 0 Å². The van der Waals surface area contributed by atoms with E-state index >= 15 is 0 Å². The Morgan fingerprint density at radius 3 is 2.52 bits per heavy atom. The van der Waals surface area contributed by atoms with Crippen LogP contribution in [0, 0.1) is 13.8 Å². The zero-order valence-corrected chi connectivity index (χ0v) is 13.6. The molecule has 0 aromatic carbocycles. The monoisotopic (exact) mass is 309 g/mol. The van der Waals surface area contributed by atoms with E-state index in [0.717, 1.165) is 25.9 Å². The highest BCUT2D eigenvalue weighted by atomic mass is 32.1. The smallest absolute Gasteiger partial charge is 0.170 e. The molecule has 0 saturated carbocycles. The van der Waals surface area contributed by atoms with Crippen molar-refractivity contribution in [3.05, 3.63) is 21.4 Å². The summed E-state index contributed by atoms with van der Waals surface area (Å²) in [6.45, 7) is 7.91. The van der Waals surface area contributed by atoms with Gasteiger partial charge in [-0.2, -0.15) is 0 Å². The number of carbonyl (C=O) groups excluding carboxylic acids is 1. The second kappa shape index (κ2) is 6.16. The summed E-state index contributed by atoms with van der Waals surface area (Å²) in [5.41, 5.74) is 1.25. The Morgan fingerprint density at radius 1 is 1.29 bits per heavy atom. The van der Waals surface area contributed by atoms with Gasteiger partial charge in [-0.1, -0.05) is 0 Å². The van der Waals surface area contributed by atoms with Crippen molar-refractivity contribution in [3.8, 4) is 0 Å². The van der Waals surface area contributed by atoms with E-state index in [1.807, 2.05) is 0 Å². The zero-order chi connectivity index (χ0) is 14.9. The van der Waals surface area contributed by atoms with Crippen LogP contribution in [-0.4, -0.2) is 49.3 Å². The molecule has 0 bridgehead atoms. The summed E-state index contributed by atoms with van der Waals surface area (Å²) in [4.78, 5) is 17.0. The zero-order valence-electron chi connectivity index (χ0n) is 12.8. The SMILES string of the molecule is Cc1cc(C)c(CC(=O)CN2CCC3(CC2)OCCO3)s1. The van der Waals surface area contributed by atoms with Crippen LogP contribution < -0.4 is 0 Å². The Kier molecular flexibility index (Phi) is 4.45. The molecule has 0 atom stereocenters. The Morgan fingerprint density at radius 2 is 1.95 bits per heavy atom. The fourth-order valence-electron chi connectivity index (χ4n) is 3.19. The Labute approximate surface area is 130 Å². The average molecular weight is 309 g/mol. The molecule has 2 saturated heterocycles. The highest BCUT2D eigenvalue weighted by Gasteiger charge is 2.39. The van der Waals surface area contributed by atoms with Crippen molar-refractivity contribution >= 4 is 17.1 Å². The van der Waals surface area contributed by atoms with Gasteiger partial charge in [-0.05, 0) is 25.5 Å². The topological polar surface area (TPSA) is 38.8 Å². The molecule has 2 aliphatic heterocycles. The molecule has 0 unspecified atom stereocenters. The number of ketones is 1. The molecule has 0 aliphatic carbocycles. The first kappa shape index (κ1) is 15.2. The van der Waals surface area contributed by atoms with Crippen LogP contribution in [0.4, 0.5) is 0 Å². The fourth-order valence-corrected chi connectivity index (χ4v) is 4.26. The van der Waals surface area contributed by atoms with Crippen molar-refractivity contribution < 1.29 is 14.3 Å². The van der Waals surface area contributed by atoms with Gasteiger partial charge in [0.1, 0.15) is 0 Å². The van der Waals surface area contributed by atoms with E-state index < -0.39 is 0 Å². The molecule has 5 heteroatoms. The molecule has 1 aromatic rings. The van der Waals surface area contributed by atoms with E-state index in [0.29, 0.717) is 32.0 Å². The number of hydrogen-bond acceptors (Lipinski definition) is 5. The van der Waals surface area contributed by atoms with Crippen LogP contribution in [0.25, 0.3) is 0 Å². The number of rotatable bonds is 4. The lowest BCUT2D eigenvalue weighted by Gasteiger charge is -2.37. The second-order valence-corrected chi connectivity index (χ2v) is 7.40. The standard InChI is InChI=1S/C16H23NO3S/c1-12-9-13(2)21-15(12)10-14(18)11-17-5-3-16(4-6-17)19-7-8-20-16/h9H,3-8,10-11H2,1-2H3. The minimum atomic E-state index is -0.346. The molecular formula is C16H23NO3S. The highest BCUT2D eigenvalue weighted by Crippen LogP contribution is 2.31. The number of Topliss-reactive ketones (excluding diaryl/α,β-unsaturated/α-hetero) is 1. The van der Waals surface area contributed by atoms with Crippen LogP contribution in [0.5, 0.6) is 0 Å². The van der Waals surface area contributed by atoms with Crippen LogP contribution in [0.3, 0.4) is 0 Å². The van der Waals surface area contributed by atoms with Crippen molar-refractivity contribution in [2.45, 2.75) is 38.9 Å². The molecule has 3 rings (SSSR count). The van der Waals surface area contributed by atoms with Gasteiger partial charge >= 0.3 is 0 Å². The first-order valence-corrected chi connectivity index (χ1v) is 8.46. The van der Waals surface area contributed by atoms with Crippen LogP contribution >= 0.6 is 11.3 Å². The van der Waals surface area contributed by atoms with Crippen LogP contribution in [0.1, 0.15) is 28.2 Å². The van der Waals surface area contributed by atoms with Crippen molar-refractivity contribution in [1.29, 1.82) is 0 Å². The number of ether oxygens (including phenoxy) is 2. The lowest BCUT2D eigenvalue weighted by atomic mass is 10.0. The molecular weight excluding hydrogens is 286 g/mol. The normalized spacial score (nSPS) is 22.0. The van der Waals surface area contributed by atoms with E-state index in [2.05, 4.69) is 24.8 Å². The number of thiophene rings is 1. The second-order valence-electron chi connectivity index (χ2n) is 6.06. The first-order chi connectivity index (χ1) is 10.1. The maximum Gasteiger partial charge on any atom is 0.170 e. The molecule has 1 aromatic heterocycles. The summed E-state index contributed by atoms with van der Waals surface area (Å²) < 4.78 is 11.4. The summed E-state index contributed by atoms with van der Waals surface area (Å²) in [6, 6.07) is 2.16. The molecule has 0 radical (unpaired) electrons. The van der Waals surface area contributed by atoms with Gasteiger partial charge in [-0.25, -0.2) is 0 Å². The van der Waals surface area contributed by atoms with E-state index in [1.54, 1.807) is 11.3 Å². The van der Waals surface area contributed by atoms with Crippen molar-refractivity contribution in [3.63, 3.8) is 0 Å². The van der Waals surface area contributed by atoms with Gasteiger partial charge in [0.15, 0.2) is 11.6 Å². The van der Waals surface area contributed by atoms with Gasteiger partial charge in [-0.15, -0.1) is 11.3 Å². The van der Waals surface area contributed by atoms with Crippen molar-refractivity contribution in [1.82, 2.24) is 4.90 Å². The average Bonchev–Trinajstić information content (AvgIpc) is 3.01. The maximum atomic E-state index is 12.3. The third kappa shape index (κ3) is 3.54. The molecule has 0 N–H and O–H groups in total. The molecule has 4 nitrogen and oxygen atoms in total. The number of carbonyl (C=O) groups is 1. The quantitative estimate of drug-likeness (QED) is 0.855. The van der Waals surface area contributed by atoms with Gasteiger partial charge in [-0.3, -0.25) is 9.69 Å². The summed E-state index contributed by atoms with van der Waals surface area (Å²) >= 11 is 1.74. The lowest BCUT2D eigenvalue weighted by Crippen LogP contribution is -2.46. The molecule has 2 fully saturated rings. The molecule has 3 heterocycles. The summed E-state index contributed by atoms with van der Waals surface area (Å²) in [5, 5.41) is 0. The predicted octanol–water partition coefficient (Wildman–Crippen LogP) is 2.32. The van der Waals surface area contributed by atoms with E-state index in [1.165, 1.54) is 15.3 Å². The molecule has 0 amide bonds. The van der Waals surface area contributed by atoms with E-state index in [9.17, 15) is 4.79 Å². The van der Waals surface area contributed by atoms with Crippen LogP contribution in [-0.2, 0) is 20.7 Å². The van der Waals surface area contributed by atoms with Gasteiger partial charge in [0, 0.05) is 42.1 Å². The number of nitrogens with zero attached hydrogens (tertiary/aromatic N) is 1. The van der Waals surface area contributed by atoms with Crippen molar-refractivity contribution in [2.75, 3.05) is 32.8 Å². The third-order valence-electron chi connectivity index (χ3n) is 4.33. The molecule has 116 valence electrons. The Hall–Kier alpha value is -0.750. The van der Waals surface area contributed by atoms with E-state index in [4.69, 9.17) is 9.47 Å². The minimum Gasteiger partial charge on any atom is -0.347 e. The number of hydrogen-bond donors (Lipinski definition) is 0. The minimum absolute atomic E-state index is 0.309. The van der Waals surface area contributed by atoms with Crippen LogP contribution in [0.2, 0.25) is 0 Å². The fraction of sp³-hybridized carbons (Fsp3) is 0.688. The highest BCUT2D eigenvalue weighted by molar-refractivity contribution is 7.12. The third-order valence-corrected chi connectivity index (χ3v) is 5.49. The Bertz CT molecular complexity index is 510. The van der Waals surface area contributed by atoms with Gasteiger partial charge in [0.05, 0.1) is 19.8 Å². The van der Waals surface area contributed by atoms with Crippen LogP contribution in [0.15, 0.2) is 6.07 Å². The van der Waals surface area contributed by atoms with Gasteiger partial charge < -0.3 is 9.47 Å². The molecule has 2 aliphatic rings. The number of likely N-dealkylation sites (tertiary alicyclic amines) is 1. The maximum absolute atomic E-state index is 12.3. The van der Waals surface area contributed by atoms with Gasteiger partial charge in [0.2, 0.25) is 0 Å². The first-order valence-electron chi connectivity index (χ1n) is 7.64. The summed E-state index contributed by atoms with van der Waals surface area (Å²) in [5.74, 6) is -0.0368. The summed E-state index contributed by atoms with van der Waals surface area (Å²) in [6.07, 6.45) is 2.31. The predicted molar refractivity (Wildman–Crippen MR) is 82.8 cm³/mol. The number of aryl methyl sites for hydroxylation is 2. The van der Waals surface area contributed by atoms with Gasteiger partial charge in [0.25, 0.3) is 0 Å². The molecule has 1 spiro atoms. The number of piperidine rings is 1. The van der Waals surface area contributed by atoms with E-state index in [-0.39, 0.29) is 5.79 Å². The molecule has 21 heavy (non-hydrogen) atoms. The summed E-state index contributed by atoms with van der Waals surface area (Å²) in [7, 11) is 0.